The maximum Gasteiger partial charge on any atom is 0.290 e. The Balaban J connectivity index is 2.49. The van der Waals surface area contributed by atoms with E-state index in [4.69, 9.17) is 9.47 Å². The summed E-state index contributed by atoms with van der Waals surface area (Å²) in [4.78, 5) is 25.6. The summed E-state index contributed by atoms with van der Waals surface area (Å²) < 4.78 is 10.2. The maximum absolute atomic E-state index is 12.3. The van der Waals surface area contributed by atoms with E-state index >= 15 is 0 Å². The second-order valence-corrected chi connectivity index (χ2v) is 5.17. The first-order valence-electron chi connectivity index (χ1n) is 7.00. The SMILES string of the molecule is COC(CN1C(=O)C(O)=C(C(C)=O)[C@H]1c1cccc(O)c1)OC. The monoisotopic (exact) mass is 321 g/mol. The lowest BCUT2D eigenvalue weighted by Gasteiger charge is -2.29. The summed E-state index contributed by atoms with van der Waals surface area (Å²) in [6.07, 6.45) is -0.710. The van der Waals surface area contributed by atoms with Gasteiger partial charge >= 0.3 is 0 Å². The number of hydrogen-bond donors (Lipinski definition) is 2. The smallest absolute Gasteiger partial charge is 0.290 e. The molecule has 2 N–H and O–H groups in total. The van der Waals surface area contributed by atoms with Gasteiger partial charge < -0.3 is 24.6 Å². The van der Waals surface area contributed by atoms with Crippen LogP contribution in [0.4, 0.5) is 0 Å². The van der Waals surface area contributed by atoms with E-state index in [1.165, 1.54) is 38.2 Å². The van der Waals surface area contributed by atoms with Gasteiger partial charge in [-0.3, -0.25) is 9.59 Å². The standard InChI is InChI=1S/C16H19NO6/c1-9(18)13-14(10-5-4-6-11(19)7-10)17(16(21)15(13)20)8-12(22-2)23-3/h4-7,12,14,19-20H,8H2,1-3H3/t14-/m1/s1. The van der Waals surface area contributed by atoms with Crippen molar-refractivity contribution in [2.24, 2.45) is 0 Å². The highest BCUT2D eigenvalue weighted by molar-refractivity contribution is 6.08. The zero-order valence-electron chi connectivity index (χ0n) is 13.1. The summed E-state index contributed by atoms with van der Waals surface area (Å²) >= 11 is 0. The fourth-order valence-corrected chi connectivity index (χ4v) is 2.65. The fraction of sp³-hybridized carbons (Fsp3) is 0.375. The van der Waals surface area contributed by atoms with E-state index in [1.807, 2.05) is 0 Å². The summed E-state index contributed by atoms with van der Waals surface area (Å²) in [5.41, 5.74) is 0.505. The van der Waals surface area contributed by atoms with E-state index in [1.54, 1.807) is 12.1 Å². The van der Waals surface area contributed by atoms with Crippen LogP contribution >= 0.6 is 0 Å². The average molecular weight is 321 g/mol. The Kier molecular flexibility index (Phi) is 5.02. The van der Waals surface area contributed by atoms with Gasteiger partial charge in [-0.2, -0.15) is 0 Å². The molecule has 1 heterocycles. The number of ketones is 1. The minimum Gasteiger partial charge on any atom is -0.508 e. The molecule has 23 heavy (non-hydrogen) atoms. The number of rotatable bonds is 6. The molecular formula is C16H19NO6. The number of hydrogen-bond acceptors (Lipinski definition) is 6. The quantitative estimate of drug-likeness (QED) is 0.767. The van der Waals surface area contributed by atoms with E-state index in [0.29, 0.717) is 5.56 Å². The molecule has 0 spiro atoms. The Hall–Kier alpha value is -2.38. The minimum atomic E-state index is -0.806. The molecule has 1 amide bonds. The van der Waals surface area contributed by atoms with E-state index in [0.717, 1.165) is 0 Å². The Labute approximate surface area is 133 Å². The number of aliphatic hydroxyl groups is 1. The van der Waals surface area contributed by atoms with Crippen LogP contribution < -0.4 is 0 Å². The van der Waals surface area contributed by atoms with Gasteiger partial charge in [0.2, 0.25) is 0 Å². The van der Waals surface area contributed by atoms with Gasteiger partial charge in [-0.1, -0.05) is 12.1 Å². The molecule has 7 heteroatoms. The maximum atomic E-state index is 12.3. The van der Waals surface area contributed by atoms with Crippen LogP contribution in [0, 0.1) is 0 Å². The molecule has 0 bridgehead atoms. The number of carbonyl (C=O) groups excluding carboxylic acids is 2. The number of methoxy groups -OCH3 is 2. The van der Waals surface area contributed by atoms with Gasteiger partial charge in [0.1, 0.15) is 5.75 Å². The van der Waals surface area contributed by atoms with Crippen LogP contribution in [0.5, 0.6) is 5.75 Å². The van der Waals surface area contributed by atoms with Gasteiger partial charge in [-0.15, -0.1) is 0 Å². The number of ether oxygens (including phenoxy) is 2. The lowest BCUT2D eigenvalue weighted by atomic mass is 9.96. The number of benzene rings is 1. The summed E-state index contributed by atoms with van der Waals surface area (Å²) in [5.74, 6) is -1.68. The van der Waals surface area contributed by atoms with Crippen molar-refractivity contribution in [3.8, 4) is 5.75 Å². The number of aromatic hydroxyl groups is 1. The molecule has 0 fully saturated rings. The Morgan fingerprint density at radius 2 is 1.96 bits per heavy atom. The molecule has 7 nitrogen and oxygen atoms in total. The van der Waals surface area contributed by atoms with Crippen LogP contribution in [-0.4, -0.2) is 53.9 Å². The molecule has 0 aliphatic carbocycles. The second kappa shape index (κ2) is 6.80. The number of Topliss-reactive ketones (excluding diaryl/α,β-unsaturated/α-hetero) is 1. The third-order valence-corrected chi connectivity index (χ3v) is 3.74. The summed E-state index contributed by atoms with van der Waals surface area (Å²) in [6, 6.07) is 5.39. The van der Waals surface area contributed by atoms with E-state index in [-0.39, 0.29) is 17.9 Å². The zero-order valence-corrected chi connectivity index (χ0v) is 13.1. The normalized spacial score (nSPS) is 18.2. The Morgan fingerprint density at radius 1 is 1.30 bits per heavy atom. The number of carbonyl (C=O) groups is 2. The highest BCUT2D eigenvalue weighted by Gasteiger charge is 2.43. The van der Waals surface area contributed by atoms with E-state index < -0.39 is 29.8 Å². The first-order valence-corrected chi connectivity index (χ1v) is 7.00. The van der Waals surface area contributed by atoms with Crippen molar-refractivity contribution in [3.63, 3.8) is 0 Å². The van der Waals surface area contributed by atoms with Crippen molar-refractivity contribution in [1.82, 2.24) is 4.90 Å². The molecule has 1 aromatic rings. The van der Waals surface area contributed by atoms with Crippen molar-refractivity contribution in [2.75, 3.05) is 20.8 Å². The molecule has 1 aromatic carbocycles. The van der Waals surface area contributed by atoms with Crippen molar-refractivity contribution in [1.29, 1.82) is 0 Å². The van der Waals surface area contributed by atoms with Crippen molar-refractivity contribution < 1.29 is 29.3 Å². The van der Waals surface area contributed by atoms with Crippen LogP contribution in [0.2, 0.25) is 0 Å². The minimum absolute atomic E-state index is 0.000719. The highest BCUT2D eigenvalue weighted by Crippen LogP contribution is 2.38. The van der Waals surface area contributed by atoms with E-state index in [9.17, 15) is 19.8 Å². The Morgan fingerprint density at radius 3 is 2.48 bits per heavy atom. The average Bonchev–Trinajstić information content (AvgIpc) is 2.77. The predicted molar refractivity (Wildman–Crippen MR) is 80.7 cm³/mol. The molecule has 0 saturated heterocycles. The second-order valence-electron chi connectivity index (χ2n) is 5.17. The summed E-state index contributed by atoms with van der Waals surface area (Å²) in [5, 5.41) is 19.8. The fourth-order valence-electron chi connectivity index (χ4n) is 2.65. The van der Waals surface area contributed by atoms with Crippen molar-refractivity contribution >= 4 is 11.7 Å². The number of aliphatic hydroxyl groups excluding tert-OH is 1. The summed E-state index contributed by atoms with van der Waals surface area (Å²) in [7, 11) is 2.86. The van der Waals surface area contributed by atoms with Crippen LogP contribution in [-0.2, 0) is 19.1 Å². The molecule has 0 saturated carbocycles. The lowest BCUT2D eigenvalue weighted by Crippen LogP contribution is -2.38. The third kappa shape index (κ3) is 3.20. The Bertz CT molecular complexity index is 650. The van der Waals surface area contributed by atoms with Gasteiger partial charge in [0, 0.05) is 14.2 Å². The molecule has 1 atom stereocenters. The highest BCUT2D eigenvalue weighted by atomic mass is 16.7. The molecule has 1 aliphatic heterocycles. The topological polar surface area (TPSA) is 96.3 Å². The first-order chi connectivity index (χ1) is 10.9. The first kappa shape index (κ1) is 17.0. The van der Waals surface area contributed by atoms with Gasteiger partial charge in [0.05, 0.1) is 18.2 Å². The number of amides is 1. The van der Waals surface area contributed by atoms with Crippen molar-refractivity contribution in [2.45, 2.75) is 19.3 Å². The molecule has 124 valence electrons. The number of phenols is 1. The molecule has 0 unspecified atom stereocenters. The van der Waals surface area contributed by atoms with Crippen LogP contribution in [0.25, 0.3) is 0 Å². The van der Waals surface area contributed by atoms with Crippen LogP contribution in [0.15, 0.2) is 35.6 Å². The van der Waals surface area contributed by atoms with Gasteiger partial charge in [0.15, 0.2) is 17.8 Å². The molecule has 0 radical (unpaired) electrons. The lowest BCUT2D eigenvalue weighted by molar-refractivity contribution is -0.144. The van der Waals surface area contributed by atoms with Crippen LogP contribution in [0.3, 0.4) is 0 Å². The van der Waals surface area contributed by atoms with Gasteiger partial charge in [-0.05, 0) is 24.6 Å². The largest absolute Gasteiger partial charge is 0.508 e. The molecule has 2 rings (SSSR count). The molecule has 1 aliphatic rings. The van der Waals surface area contributed by atoms with Gasteiger partial charge in [-0.25, -0.2) is 0 Å². The van der Waals surface area contributed by atoms with Gasteiger partial charge in [0.25, 0.3) is 5.91 Å². The third-order valence-electron chi connectivity index (χ3n) is 3.74. The number of phenolic OH excluding ortho intramolecular Hbond substituents is 1. The van der Waals surface area contributed by atoms with Crippen LogP contribution in [0.1, 0.15) is 18.5 Å². The molecule has 0 aromatic heterocycles. The zero-order chi connectivity index (χ0) is 17.1. The van der Waals surface area contributed by atoms with Crippen molar-refractivity contribution in [3.05, 3.63) is 41.2 Å². The summed E-state index contributed by atoms with van der Waals surface area (Å²) in [6.45, 7) is 1.30. The van der Waals surface area contributed by atoms with E-state index in [2.05, 4.69) is 0 Å². The molecular weight excluding hydrogens is 302 g/mol. The predicted octanol–water partition coefficient (Wildman–Crippen LogP) is 1.30. The number of nitrogens with zero attached hydrogens (tertiary/aromatic N) is 1.